The minimum absolute atomic E-state index is 0.0226. The quantitative estimate of drug-likeness (QED) is 0.326. The molecule has 3 aromatic heterocycles. The van der Waals surface area contributed by atoms with E-state index in [1.165, 1.54) is 17.2 Å². The van der Waals surface area contributed by atoms with Crippen molar-refractivity contribution in [3.63, 3.8) is 0 Å². The SMILES string of the molecule is CN(C(=O)C1(C)CC1)c1ccc(-c2cc(Nc3ccc(N4CCC(O)CC4)cn3)c3c(=O)[nH]ccc3n2)c(F)c1. The van der Waals surface area contributed by atoms with Crippen LogP contribution >= 0.6 is 0 Å². The largest absolute Gasteiger partial charge is 0.393 e. The number of amides is 1. The second-order valence-corrected chi connectivity index (χ2v) is 11.0. The van der Waals surface area contributed by atoms with Gasteiger partial charge in [-0.2, -0.15) is 0 Å². The number of aromatic amines is 1. The minimum Gasteiger partial charge on any atom is -0.393 e. The molecular formula is C30H31FN6O3. The first-order chi connectivity index (χ1) is 19.2. The van der Waals surface area contributed by atoms with E-state index in [0.29, 0.717) is 33.8 Å². The number of halogens is 1. The summed E-state index contributed by atoms with van der Waals surface area (Å²) in [5.74, 6) is -0.0209. The lowest BCUT2D eigenvalue weighted by molar-refractivity contribution is -0.122. The number of pyridine rings is 3. The molecule has 0 radical (unpaired) electrons. The molecule has 4 aromatic rings. The summed E-state index contributed by atoms with van der Waals surface area (Å²) >= 11 is 0. The van der Waals surface area contributed by atoms with Gasteiger partial charge in [0.15, 0.2) is 0 Å². The minimum atomic E-state index is -0.519. The number of nitrogens with zero attached hydrogens (tertiary/aromatic N) is 4. The number of hydrogen-bond acceptors (Lipinski definition) is 7. The van der Waals surface area contributed by atoms with Crippen molar-refractivity contribution in [3.05, 3.63) is 71.0 Å². The average molecular weight is 543 g/mol. The zero-order valence-corrected chi connectivity index (χ0v) is 22.4. The summed E-state index contributed by atoms with van der Waals surface area (Å²) in [6.07, 6.45) is 6.13. The van der Waals surface area contributed by atoms with Gasteiger partial charge < -0.3 is 25.2 Å². The number of anilines is 4. The summed E-state index contributed by atoms with van der Waals surface area (Å²) in [4.78, 5) is 41.0. The van der Waals surface area contributed by atoms with Crippen LogP contribution in [0.3, 0.4) is 0 Å². The van der Waals surface area contributed by atoms with E-state index >= 15 is 4.39 Å². The smallest absolute Gasteiger partial charge is 0.259 e. The van der Waals surface area contributed by atoms with E-state index in [2.05, 4.69) is 25.2 Å². The number of carbonyl (C=O) groups is 1. The van der Waals surface area contributed by atoms with E-state index in [9.17, 15) is 14.7 Å². The van der Waals surface area contributed by atoms with E-state index < -0.39 is 5.82 Å². The van der Waals surface area contributed by atoms with Crippen molar-refractivity contribution in [2.45, 2.75) is 38.7 Å². The fourth-order valence-electron chi connectivity index (χ4n) is 5.18. The summed E-state index contributed by atoms with van der Waals surface area (Å²) in [5.41, 5.74) is 2.19. The van der Waals surface area contributed by atoms with E-state index in [1.807, 2.05) is 19.1 Å². The molecule has 1 saturated carbocycles. The number of piperidine rings is 1. The highest BCUT2D eigenvalue weighted by Crippen LogP contribution is 2.47. The number of carbonyl (C=O) groups excluding carboxylic acids is 1. The molecule has 1 amide bonds. The van der Waals surface area contributed by atoms with Crippen LogP contribution in [-0.2, 0) is 4.79 Å². The summed E-state index contributed by atoms with van der Waals surface area (Å²) in [6.45, 7) is 3.45. The first-order valence-corrected chi connectivity index (χ1v) is 13.5. The fraction of sp³-hybridized carbons (Fsp3) is 0.333. The van der Waals surface area contributed by atoms with Gasteiger partial charge in [0.05, 0.1) is 40.3 Å². The second-order valence-electron chi connectivity index (χ2n) is 11.0. The molecule has 0 atom stereocenters. The van der Waals surface area contributed by atoms with Crippen molar-refractivity contribution in [2.75, 3.05) is 35.3 Å². The predicted octanol–water partition coefficient (Wildman–Crippen LogP) is 4.59. The fourth-order valence-corrected chi connectivity index (χ4v) is 5.18. The molecule has 0 unspecified atom stereocenters. The molecule has 40 heavy (non-hydrogen) atoms. The number of aromatic nitrogens is 3. The van der Waals surface area contributed by atoms with Gasteiger partial charge in [-0.1, -0.05) is 6.92 Å². The molecule has 10 heteroatoms. The summed E-state index contributed by atoms with van der Waals surface area (Å²) in [5, 5.41) is 13.3. The van der Waals surface area contributed by atoms with Crippen molar-refractivity contribution >= 4 is 39.7 Å². The summed E-state index contributed by atoms with van der Waals surface area (Å²) < 4.78 is 15.5. The van der Waals surface area contributed by atoms with Crippen molar-refractivity contribution in [1.82, 2.24) is 15.0 Å². The van der Waals surface area contributed by atoms with Gasteiger partial charge in [-0.15, -0.1) is 0 Å². The van der Waals surface area contributed by atoms with Gasteiger partial charge in [0.25, 0.3) is 5.56 Å². The summed E-state index contributed by atoms with van der Waals surface area (Å²) in [6, 6.07) is 11.7. The molecule has 6 rings (SSSR count). The average Bonchev–Trinajstić information content (AvgIpc) is 3.71. The Morgan fingerprint density at radius 1 is 1.18 bits per heavy atom. The van der Waals surface area contributed by atoms with Crippen LogP contribution < -0.4 is 20.7 Å². The number of rotatable bonds is 6. The van der Waals surface area contributed by atoms with Crippen LogP contribution in [-0.4, -0.2) is 52.2 Å². The monoisotopic (exact) mass is 542 g/mol. The molecule has 9 nitrogen and oxygen atoms in total. The molecule has 3 N–H and O–H groups in total. The zero-order valence-electron chi connectivity index (χ0n) is 22.4. The Morgan fingerprint density at radius 2 is 1.95 bits per heavy atom. The van der Waals surface area contributed by atoms with Crippen LogP contribution in [0, 0.1) is 11.2 Å². The highest BCUT2D eigenvalue weighted by Gasteiger charge is 2.46. The molecule has 1 aliphatic heterocycles. The lowest BCUT2D eigenvalue weighted by Gasteiger charge is -2.31. The topological polar surface area (TPSA) is 114 Å². The predicted molar refractivity (Wildman–Crippen MR) is 153 cm³/mol. The maximum atomic E-state index is 15.5. The van der Waals surface area contributed by atoms with E-state index in [1.54, 1.807) is 37.5 Å². The molecular weight excluding hydrogens is 511 g/mol. The lowest BCUT2D eigenvalue weighted by atomic mass is 10.1. The molecule has 2 fully saturated rings. The third kappa shape index (κ3) is 4.90. The molecule has 2 aliphatic rings. The zero-order chi connectivity index (χ0) is 28.0. The Morgan fingerprint density at radius 3 is 2.62 bits per heavy atom. The Labute approximate surface area is 230 Å². The molecule has 1 saturated heterocycles. The number of fused-ring (bicyclic) bond motifs is 1. The van der Waals surface area contributed by atoms with Gasteiger partial charge >= 0.3 is 0 Å². The Balaban J connectivity index is 1.31. The Kier molecular flexibility index (Phi) is 6.50. The highest BCUT2D eigenvalue weighted by atomic mass is 19.1. The number of hydrogen-bond donors (Lipinski definition) is 3. The van der Waals surface area contributed by atoms with Gasteiger partial charge in [-0.05, 0) is 68.1 Å². The molecule has 1 aliphatic carbocycles. The Hall–Kier alpha value is -4.31. The van der Waals surface area contributed by atoms with Crippen LogP contribution in [0.25, 0.3) is 22.2 Å². The van der Waals surface area contributed by atoms with Crippen LogP contribution in [0.4, 0.5) is 27.3 Å². The highest BCUT2D eigenvalue weighted by molar-refractivity contribution is 5.99. The standard InChI is InChI=1S/C30H31FN6O3/c1-30(10-11-30)29(40)36(2)18-3-5-21(22(31)15-18)24-16-25(27-23(34-24)7-12-32-28(27)39)35-26-6-4-19(17-33-26)37-13-8-20(38)9-14-37/h3-7,12,15-17,20,38H,8-11,13-14H2,1-2H3,(H,32,39)(H,33,34,35). The van der Waals surface area contributed by atoms with Gasteiger partial charge in [-0.25, -0.2) is 14.4 Å². The summed E-state index contributed by atoms with van der Waals surface area (Å²) in [7, 11) is 1.66. The van der Waals surface area contributed by atoms with Gasteiger partial charge in [0.2, 0.25) is 5.91 Å². The normalized spacial score (nSPS) is 16.6. The molecule has 0 bridgehead atoms. The number of H-pyrrole nitrogens is 1. The lowest BCUT2D eigenvalue weighted by Crippen LogP contribution is -2.35. The van der Waals surface area contributed by atoms with Gasteiger partial charge in [0, 0.05) is 43.0 Å². The number of aliphatic hydroxyl groups is 1. The first kappa shape index (κ1) is 25.9. The second kappa shape index (κ2) is 10.0. The van der Waals surface area contributed by atoms with Crippen LogP contribution in [0.1, 0.15) is 32.6 Å². The third-order valence-corrected chi connectivity index (χ3v) is 8.01. The maximum Gasteiger partial charge on any atom is 0.259 e. The van der Waals surface area contributed by atoms with E-state index in [-0.39, 0.29) is 28.5 Å². The number of benzene rings is 1. The molecule has 206 valence electrons. The van der Waals surface area contributed by atoms with Gasteiger partial charge in [0.1, 0.15) is 11.6 Å². The first-order valence-electron chi connectivity index (χ1n) is 13.5. The molecule has 4 heterocycles. The van der Waals surface area contributed by atoms with E-state index in [0.717, 1.165) is 44.5 Å². The third-order valence-electron chi connectivity index (χ3n) is 8.01. The number of nitrogens with one attached hydrogen (secondary N) is 2. The van der Waals surface area contributed by atoms with Crippen molar-refractivity contribution in [1.29, 1.82) is 0 Å². The number of aliphatic hydroxyl groups excluding tert-OH is 1. The van der Waals surface area contributed by atoms with Crippen LogP contribution in [0.5, 0.6) is 0 Å². The van der Waals surface area contributed by atoms with Crippen molar-refractivity contribution in [3.8, 4) is 11.3 Å². The molecule has 1 aromatic carbocycles. The molecule has 0 spiro atoms. The van der Waals surface area contributed by atoms with Crippen LogP contribution in [0.2, 0.25) is 0 Å². The Bertz CT molecular complexity index is 1640. The van der Waals surface area contributed by atoms with Crippen molar-refractivity contribution < 1.29 is 14.3 Å². The van der Waals surface area contributed by atoms with Crippen LogP contribution in [0.15, 0.2) is 59.7 Å². The van der Waals surface area contributed by atoms with Crippen molar-refractivity contribution in [2.24, 2.45) is 5.41 Å². The van der Waals surface area contributed by atoms with E-state index in [4.69, 9.17) is 0 Å². The maximum absolute atomic E-state index is 15.5. The van der Waals surface area contributed by atoms with Gasteiger partial charge in [-0.3, -0.25) is 9.59 Å².